The topological polar surface area (TPSA) is 64.6 Å². The van der Waals surface area contributed by atoms with Crippen molar-refractivity contribution in [3.8, 4) is 0 Å². The molecule has 0 aromatic heterocycles. The molecule has 1 saturated heterocycles. The average Bonchev–Trinajstić information content (AvgIpc) is 3.02. The number of hydrogen-bond acceptors (Lipinski definition) is 4. The van der Waals surface area contributed by atoms with E-state index in [-0.39, 0.29) is 18.0 Å². The van der Waals surface area contributed by atoms with Crippen molar-refractivity contribution in [2.45, 2.75) is 38.7 Å². The van der Waals surface area contributed by atoms with Crippen molar-refractivity contribution >= 4 is 17.6 Å². The number of anilines is 1. The van der Waals surface area contributed by atoms with Gasteiger partial charge in [-0.25, -0.2) is 4.79 Å². The fourth-order valence-corrected chi connectivity index (χ4v) is 2.09. The largest absolute Gasteiger partial charge is 0.462 e. The van der Waals surface area contributed by atoms with Crippen LogP contribution in [0.25, 0.3) is 0 Å². The van der Waals surface area contributed by atoms with Crippen molar-refractivity contribution in [3.05, 3.63) is 29.8 Å². The Hall–Kier alpha value is -1.88. The van der Waals surface area contributed by atoms with Gasteiger partial charge in [-0.2, -0.15) is 0 Å². The number of rotatable bonds is 6. The predicted octanol–water partition coefficient (Wildman–Crippen LogP) is 2.76. The van der Waals surface area contributed by atoms with Crippen LogP contribution >= 0.6 is 0 Å². The van der Waals surface area contributed by atoms with Gasteiger partial charge < -0.3 is 14.8 Å². The van der Waals surface area contributed by atoms with Gasteiger partial charge in [0.25, 0.3) is 5.91 Å². The summed E-state index contributed by atoms with van der Waals surface area (Å²) in [6.45, 7) is 3.12. The lowest BCUT2D eigenvalue weighted by molar-refractivity contribution is -0.124. The maximum atomic E-state index is 11.9. The van der Waals surface area contributed by atoms with Gasteiger partial charge >= 0.3 is 5.97 Å². The molecular formula is C16H21NO4. The third-order valence-electron chi connectivity index (χ3n) is 3.34. The highest BCUT2D eigenvalue weighted by molar-refractivity contribution is 5.95. The van der Waals surface area contributed by atoms with Crippen LogP contribution in [0.3, 0.4) is 0 Å². The minimum Gasteiger partial charge on any atom is -0.462 e. The van der Waals surface area contributed by atoms with Crippen LogP contribution in [0, 0.1) is 0 Å². The molecule has 1 aliphatic rings. The number of ether oxygens (including phenoxy) is 2. The monoisotopic (exact) mass is 291 g/mol. The average molecular weight is 291 g/mol. The van der Waals surface area contributed by atoms with Gasteiger partial charge in [0, 0.05) is 12.3 Å². The van der Waals surface area contributed by atoms with E-state index < -0.39 is 0 Å². The molecule has 2 rings (SSSR count). The second-order valence-corrected chi connectivity index (χ2v) is 5.06. The molecule has 5 nitrogen and oxygen atoms in total. The molecule has 1 N–H and O–H groups in total. The lowest BCUT2D eigenvalue weighted by Crippen LogP contribution is -2.26. The number of amides is 1. The highest BCUT2D eigenvalue weighted by atomic mass is 16.5. The quantitative estimate of drug-likeness (QED) is 0.646. The summed E-state index contributed by atoms with van der Waals surface area (Å²) in [4.78, 5) is 23.6. The predicted molar refractivity (Wildman–Crippen MR) is 79.2 cm³/mol. The van der Waals surface area contributed by atoms with E-state index in [4.69, 9.17) is 9.47 Å². The minimum atomic E-state index is -0.358. The summed E-state index contributed by atoms with van der Waals surface area (Å²) in [5, 5.41) is 2.79. The van der Waals surface area contributed by atoms with Gasteiger partial charge in [0.2, 0.25) is 0 Å². The molecule has 0 spiro atoms. The van der Waals surface area contributed by atoms with Crippen LogP contribution in [-0.2, 0) is 14.3 Å². The number of esters is 1. The molecule has 1 aromatic rings. The minimum absolute atomic E-state index is 0.134. The van der Waals surface area contributed by atoms with Crippen LogP contribution in [-0.4, -0.2) is 31.2 Å². The Bertz CT molecular complexity index is 478. The van der Waals surface area contributed by atoms with E-state index in [2.05, 4.69) is 5.32 Å². The molecule has 1 atom stereocenters. The Morgan fingerprint density at radius 3 is 2.71 bits per heavy atom. The Balaban J connectivity index is 1.86. The molecule has 0 aliphatic carbocycles. The second-order valence-electron chi connectivity index (χ2n) is 5.06. The molecule has 1 aromatic carbocycles. The summed E-state index contributed by atoms with van der Waals surface area (Å²) in [6.07, 6.45) is 3.17. The molecule has 1 fully saturated rings. The molecule has 1 aliphatic heterocycles. The number of nitrogens with one attached hydrogen (secondary N) is 1. The molecule has 5 heteroatoms. The third kappa shape index (κ3) is 4.56. The number of hydrogen-bond donors (Lipinski definition) is 1. The first-order chi connectivity index (χ1) is 10.2. The Kier molecular flexibility index (Phi) is 5.75. The maximum Gasteiger partial charge on any atom is 0.338 e. The molecule has 114 valence electrons. The third-order valence-corrected chi connectivity index (χ3v) is 3.34. The zero-order valence-corrected chi connectivity index (χ0v) is 12.3. The molecular weight excluding hydrogens is 270 g/mol. The van der Waals surface area contributed by atoms with Gasteiger partial charge in [-0.15, -0.1) is 0 Å². The number of carbonyl (C=O) groups excluding carboxylic acids is 2. The lowest BCUT2D eigenvalue weighted by Gasteiger charge is -2.10. The van der Waals surface area contributed by atoms with Gasteiger partial charge in [-0.3, -0.25) is 4.79 Å². The fraction of sp³-hybridized carbons (Fsp3) is 0.500. The highest BCUT2D eigenvalue weighted by Gasteiger charge is 2.23. The second kappa shape index (κ2) is 7.78. The van der Waals surface area contributed by atoms with Gasteiger partial charge in [0.15, 0.2) is 0 Å². The zero-order valence-electron chi connectivity index (χ0n) is 12.3. The first-order valence-electron chi connectivity index (χ1n) is 7.40. The summed E-state index contributed by atoms with van der Waals surface area (Å²) in [7, 11) is 0. The van der Waals surface area contributed by atoms with E-state index in [1.807, 2.05) is 6.92 Å². The van der Waals surface area contributed by atoms with Crippen LogP contribution in [0.1, 0.15) is 43.0 Å². The molecule has 21 heavy (non-hydrogen) atoms. The Labute approximate surface area is 124 Å². The van der Waals surface area contributed by atoms with Gasteiger partial charge in [0.1, 0.15) is 6.10 Å². The van der Waals surface area contributed by atoms with E-state index in [1.54, 1.807) is 24.3 Å². The standard InChI is InChI=1S/C16H21NO4/c1-2-3-10-21-16(19)12-6-8-13(9-7-12)17-15(18)14-5-4-11-20-14/h6-9,14H,2-5,10-11H2,1H3,(H,17,18)/t14-/m0/s1. The van der Waals surface area contributed by atoms with Crippen LogP contribution in [0.15, 0.2) is 24.3 Å². The first kappa shape index (κ1) is 15.5. The van der Waals surface area contributed by atoms with Crippen LogP contribution < -0.4 is 5.32 Å². The summed E-state index contributed by atoms with van der Waals surface area (Å²) < 4.78 is 10.4. The molecule has 1 amide bonds. The van der Waals surface area contributed by atoms with Crippen LogP contribution in [0.4, 0.5) is 5.69 Å². The summed E-state index contributed by atoms with van der Waals surface area (Å²) in [5.74, 6) is -0.466. The Morgan fingerprint density at radius 2 is 2.10 bits per heavy atom. The van der Waals surface area contributed by atoms with Crippen molar-refractivity contribution < 1.29 is 19.1 Å². The Morgan fingerprint density at radius 1 is 1.33 bits per heavy atom. The van der Waals surface area contributed by atoms with Crippen molar-refractivity contribution in [2.75, 3.05) is 18.5 Å². The normalized spacial score (nSPS) is 17.5. The van der Waals surface area contributed by atoms with E-state index in [9.17, 15) is 9.59 Å². The number of carbonyl (C=O) groups is 2. The van der Waals surface area contributed by atoms with Gasteiger partial charge in [0.05, 0.1) is 12.2 Å². The van der Waals surface area contributed by atoms with Crippen LogP contribution in [0.5, 0.6) is 0 Å². The molecule has 0 saturated carbocycles. The van der Waals surface area contributed by atoms with E-state index in [1.165, 1.54) is 0 Å². The van der Waals surface area contributed by atoms with Crippen molar-refractivity contribution in [2.24, 2.45) is 0 Å². The summed E-state index contributed by atoms with van der Waals surface area (Å²) in [6, 6.07) is 6.70. The van der Waals surface area contributed by atoms with Crippen molar-refractivity contribution in [1.29, 1.82) is 0 Å². The lowest BCUT2D eigenvalue weighted by atomic mass is 10.2. The SMILES string of the molecule is CCCCOC(=O)c1ccc(NC(=O)[C@@H]2CCCO2)cc1. The molecule has 0 unspecified atom stereocenters. The van der Waals surface area contributed by atoms with Gasteiger partial charge in [-0.05, 0) is 43.5 Å². The zero-order chi connectivity index (χ0) is 15.1. The fourth-order valence-electron chi connectivity index (χ4n) is 2.09. The first-order valence-corrected chi connectivity index (χ1v) is 7.40. The molecule has 0 bridgehead atoms. The van der Waals surface area contributed by atoms with Gasteiger partial charge in [-0.1, -0.05) is 13.3 Å². The van der Waals surface area contributed by atoms with E-state index >= 15 is 0 Å². The highest BCUT2D eigenvalue weighted by Crippen LogP contribution is 2.16. The molecule has 1 heterocycles. The van der Waals surface area contributed by atoms with Crippen molar-refractivity contribution in [3.63, 3.8) is 0 Å². The van der Waals surface area contributed by atoms with E-state index in [0.717, 1.165) is 25.7 Å². The number of unbranched alkanes of at least 4 members (excludes halogenated alkanes) is 1. The molecule has 0 radical (unpaired) electrons. The van der Waals surface area contributed by atoms with E-state index in [0.29, 0.717) is 24.5 Å². The summed E-state index contributed by atoms with van der Waals surface area (Å²) >= 11 is 0. The van der Waals surface area contributed by atoms with Crippen LogP contribution in [0.2, 0.25) is 0 Å². The smallest absolute Gasteiger partial charge is 0.338 e. The number of benzene rings is 1. The summed E-state index contributed by atoms with van der Waals surface area (Å²) in [5.41, 5.74) is 1.14. The maximum absolute atomic E-state index is 11.9. The van der Waals surface area contributed by atoms with Crippen molar-refractivity contribution in [1.82, 2.24) is 0 Å².